The van der Waals surface area contributed by atoms with E-state index in [1.807, 2.05) is 36.4 Å². The highest BCUT2D eigenvalue weighted by Gasteiger charge is 2.18. The number of nitrogens with one attached hydrogen (secondary N) is 1. The second-order valence-corrected chi connectivity index (χ2v) is 8.02. The molecule has 0 saturated carbocycles. The Hall–Kier alpha value is -3.64. The smallest absolute Gasteiger partial charge is 0.258 e. The Morgan fingerprint density at radius 3 is 2.52 bits per heavy atom. The van der Waals surface area contributed by atoms with Crippen LogP contribution in [0.25, 0.3) is 21.9 Å². The van der Waals surface area contributed by atoms with Crippen molar-refractivity contribution in [1.82, 2.24) is 9.88 Å². The SMILES string of the molecule is COc1ccc2c(=O)n(C)c(CNC(=O)Cc3c(F)cccc3Cl)c(-c3ccccc3)c2c1. The van der Waals surface area contributed by atoms with E-state index >= 15 is 0 Å². The fraction of sp³-hybridized carbons (Fsp3) is 0.154. The fourth-order valence-electron chi connectivity index (χ4n) is 3.91. The van der Waals surface area contributed by atoms with Gasteiger partial charge in [0.15, 0.2) is 0 Å². The largest absolute Gasteiger partial charge is 0.497 e. The van der Waals surface area contributed by atoms with E-state index in [-0.39, 0.29) is 29.1 Å². The number of aromatic nitrogens is 1. The van der Waals surface area contributed by atoms with E-state index < -0.39 is 11.7 Å². The summed E-state index contributed by atoms with van der Waals surface area (Å²) in [5.74, 6) is -0.316. The van der Waals surface area contributed by atoms with Crippen LogP contribution in [0.3, 0.4) is 0 Å². The Balaban J connectivity index is 1.77. The van der Waals surface area contributed by atoms with E-state index in [2.05, 4.69) is 5.32 Å². The van der Waals surface area contributed by atoms with E-state index in [0.717, 1.165) is 16.5 Å². The van der Waals surface area contributed by atoms with Gasteiger partial charge in [0.2, 0.25) is 5.91 Å². The van der Waals surface area contributed by atoms with Gasteiger partial charge in [-0.05, 0) is 35.9 Å². The molecule has 0 aliphatic rings. The first-order valence-corrected chi connectivity index (χ1v) is 10.7. The Morgan fingerprint density at radius 2 is 1.82 bits per heavy atom. The van der Waals surface area contributed by atoms with Gasteiger partial charge in [-0.25, -0.2) is 4.39 Å². The molecule has 1 N–H and O–H groups in total. The summed E-state index contributed by atoms with van der Waals surface area (Å²) in [5, 5.41) is 4.29. The first kappa shape index (κ1) is 22.6. The van der Waals surface area contributed by atoms with Gasteiger partial charge in [-0.2, -0.15) is 0 Å². The van der Waals surface area contributed by atoms with Crippen LogP contribution in [0.15, 0.2) is 71.5 Å². The van der Waals surface area contributed by atoms with Gasteiger partial charge in [0.25, 0.3) is 5.56 Å². The molecule has 3 aromatic carbocycles. The molecule has 4 aromatic rings. The number of hydrogen-bond acceptors (Lipinski definition) is 3. The first-order valence-electron chi connectivity index (χ1n) is 10.3. The van der Waals surface area contributed by atoms with Gasteiger partial charge in [-0.1, -0.05) is 48.0 Å². The summed E-state index contributed by atoms with van der Waals surface area (Å²) >= 11 is 6.06. The zero-order chi connectivity index (χ0) is 23.5. The molecule has 0 atom stereocenters. The number of amides is 1. The molecule has 4 rings (SSSR count). The van der Waals surface area contributed by atoms with Crippen LogP contribution in [-0.2, 0) is 24.8 Å². The molecule has 0 saturated heterocycles. The van der Waals surface area contributed by atoms with E-state index in [4.69, 9.17) is 16.3 Å². The third kappa shape index (κ3) is 4.47. The number of ether oxygens (including phenoxy) is 1. The highest BCUT2D eigenvalue weighted by Crippen LogP contribution is 2.32. The minimum atomic E-state index is -0.534. The molecule has 1 amide bonds. The minimum absolute atomic E-state index is 0.0774. The van der Waals surface area contributed by atoms with Crippen LogP contribution in [0.2, 0.25) is 5.02 Å². The summed E-state index contributed by atoms with van der Waals surface area (Å²) < 4.78 is 21.0. The van der Waals surface area contributed by atoms with Crippen molar-refractivity contribution in [2.75, 3.05) is 7.11 Å². The summed E-state index contributed by atoms with van der Waals surface area (Å²) in [6, 6.07) is 19.2. The predicted octanol–water partition coefficient (Wildman–Crippen LogP) is 4.87. The Morgan fingerprint density at radius 1 is 1.06 bits per heavy atom. The van der Waals surface area contributed by atoms with Gasteiger partial charge < -0.3 is 14.6 Å². The van der Waals surface area contributed by atoms with Crippen molar-refractivity contribution in [3.63, 3.8) is 0 Å². The number of hydrogen-bond donors (Lipinski definition) is 1. The summed E-state index contributed by atoms with van der Waals surface area (Å²) in [6.07, 6.45) is -0.207. The maximum absolute atomic E-state index is 14.1. The predicted molar refractivity (Wildman–Crippen MR) is 128 cm³/mol. The number of pyridine rings is 1. The molecule has 1 aromatic heterocycles. The average Bonchev–Trinajstić information content (AvgIpc) is 2.83. The second kappa shape index (κ2) is 9.46. The molecule has 0 spiro atoms. The molecule has 0 fully saturated rings. The van der Waals surface area contributed by atoms with Crippen LogP contribution in [-0.4, -0.2) is 17.6 Å². The van der Waals surface area contributed by atoms with Crippen molar-refractivity contribution in [1.29, 1.82) is 0 Å². The Labute approximate surface area is 195 Å². The van der Waals surface area contributed by atoms with Crippen molar-refractivity contribution in [2.24, 2.45) is 7.05 Å². The molecular weight excluding hydrogens is 443 g/mol. The van der Waals surface area contributed by atoms with Crippen molar-refractivity contribution in [3.05, 3.63) is 99.2 Å². The maximum Gasteiger partial charge on any atom is 0.258 e. The van der Waals surface area contributed by atoms with Crippen LogP contribution in [0.1, 0.15) is 11.3 Å². The van der Waals surface area contributed by atoms with Gasteiger partial charge >= 0.3 is 0 Å². The average molecular weight is 465 g/mol. The molecule has 5 nitrogen and oxygen atoms in total. The molecule has 0 unspecified atom stereocenters. The molecule has 0 aliphatic carbocycles. The molecule has 33 heavy (non-hydrogen) atoms. The molecule has 1 heterocycles. The highest BCUT2D eigenvalue weighted by atomic mass is 35.5. The number of carbonyl (C=O) groups is 1. The zero-order valence-corrected chi connectivity index (χ0v) is 18.9. The van der Waals surface area contributed by atoms with Gasteiger partial charge in [0.1, 0.15) is 11.6 Å². The van der Waals surface area contributed by atoms with Crippen molar-refractivity contribution < 1.29 is 13.9 Å². The van der Waals surface area contributed by atoms with Crippen molar-refractivity contribution >= 4 is 28.3 Å². The number of nitrogens with zero attached hydrogens (tertiary/aromatic N) is 1. The molecular formula is C26H22ClFN2O3. The lowest BCUT2D eigenvalue weighted by atomic mass is 9.96. The fourth-order valence-corrected chi connectivity index (χ4v) is 4.14. The number of benzene rings is 3. The standard InChI is InChI=1S/C26H22ClFN2O3/c1-30-23(15-29-24(31)14-20-21(27)9-6-10-22(20)28)25(16-7-4-3-5-8-16)19-13-17(33-2)11-12-18(19)26(30)32/h3-13H,14-15H2,1-2H3,(H,29,31). The minimum Gasteiger partial charge on any atom is -0.497 e. The van der Waals surface area contributed by atoms with E-state index in [1.165, 1.54) is 16.7 Å². The molecule has 0 radical (unpaired) electrons. The number of fused-ring (bicyclic) bond motifs is 1. The van der Waals surface area contributed by atoms with Gasteiger partial charge in [0, 0.05) is 39.7 Å². The maximum atomic E-state index is 14.1. The summed E-state index contributed by atoms with van der Waals surface area (Å²) in [4.78, 5) is 25.8. The van der Waals surface area contributed by atoms with E-state index in [0.29, 0.717) is 16.8 Å². The van der Waals surface area contributed by atoms with Gasteiger partial charge in [0.05, 0.1) is 20.1 Å². The zero-order valence-electron chi connectivity index (χ0n) is 18.2. The molecule has 168 valence electrons. The Bertz CT molecular complexity index is 1380. The number of methoxy groups -OCH3 is 1. The second-order valence-electron chi connectivity index (χ2n) is 7.62. The molecule has 0 bridgehead atoms. The van der Waals surface area contributed by atoms with Crippen molar-refractivity contribution in [3.8, 4) is 16.9 Å². The van der Waals surface area contributed by atoms with Crippen LogP contribution in [0, 0.1) is 5.82 Å². The summed E-state index contributed by atoms with van der Waals surface area (Å²) in [7, 11) is 3.24. The molecule has 0 aliphatic heterocycles. The van der Waals surface area contributed by atoms with E-state index in [9.17, 15) is 14.0 Å². The topological polar surface area (TPSA) is 60.3 Å². The monoisotopic (exact) mass is 464 g/mol. The van der Waals surface area contributed by atoms with Crippen LogP contribution in [0.5, 0.6) is 5.75 Å². The van der Waals surface area contributed by atoms with E-state index in [1.54, 1.807) is 32.4 Å². The first-order chi connectivity index (χ1) is 15.9. The number of halogens is 2. The number of rotatable bonds is 6. The molecule has 7 heteroatoms. The lowest BCUT2D eigenvalue weighted by molar-refractivity contribution is -0.120. The third-order valence-electron chi connectivity index (χ3n) is 5.64. The quantitative estimate of drug-likeness (QED) is 0.443. The Kier molecular flexibility index (Phi) is 6.47. The summed E-state index contributed by atoms with van der Waals surface area (Å²) in [5.41, 5.74) is 2.29. The van der Waals surface area contributed by atoms with Crippen LogP contribution < -0.4 is 15.6 Å². The van der Waals surface area contributed by atoms with Crippen LogP contribution in [0.4, 0.5) is 4.39 Å². The van der Waals surface area contributed by atoms with Crippen molar-refractivity contribution in [2.45, 2.75) is 13.0 Å². The number of carbonyl (C=O) groups excluding carboxylic acids is 1. The van der Waals surface area contributed by atoms with Gasteiger partial charge in [-0.3, -0.25) is 9.59 Å². The summed E-state index contributed by atoms with van der Waals surface area (Å²) in [6.45, 7) is 0.0774. The third-order valence-corrected chi connectivity index (χ3v) is 5.99. The van der Waals surface area contributed by atoms with Crippen LogP contribution >= 0.6 is 11.6 Å². The lowest BCUT2D eigenvalue weighted by Crippen LogP contribution is -2.30. The normalized spacial score (nSPS) is 10.9. The van der Waals surface area contributed by atoms with Gasteiger partial charge in [-0.15, -0.1) is 0 Å². The lowest BCUT2D eigenvalue weighted by Gasteiger charge is -2.19. The highest BCUT2D eigenvalue weighted by molar-refractivity contribution is 6.31.